The third-order valence-electron chi connectivity index (χ3n) is 11.9. The molecule has 0 spiro atoms. The van der Waals surface area contributed by atoms with Gasteiger partial charge in [-0.05, 0) is 49.6 Å². The molecule has 4 aliphatic rings. The van der Waals surface area contributed by atoms with Gasteiger partial charge >= 0.3 is 5.69 Å². The first-order valence-corrected chi connectivity index (χ1v) is 19.2. The van der Waals surface area contributed by atoms with Crippen molar-refractivity contribution < 1.29 is 14.4 Å². The van der Waals surface area contributed by atoms with E-state index in [2.05, 4.69) is 45.9 Å². The molecule has 3 aliphatic heterocycles. The monoisotopic (exact) mass is 746 g/mol. The molecule has 55 heavy (non-hydrogen) atoms. The summed E-state index contributed by atoms with van der Waals surface area (Å²) < 4.78 is 5.29. The standard InChI is InChI=1S/C39H46N12O4/c1-45(2)37(54)31-19-24-20-41-38(44-35(24)50(31)25-7-4-5-8-25)42-32-13-11-26(21-40-32)49-22-27(23-49)47-15-17-48(18-16-47)28-9-6-10-29-34(28)46(3)39(55)51(29)30-12-14-33(52)43-36(30)53/h6,9-11,13,19-21,25,27,30H,4-5,7-8,12,14-18,22-23H2,1-3H3,(H,43,52,53)(H,40,41,42,44)/t30-/m1/s1. The largest absolute Gasteiger partial charge is 0.367 e. The molecule has 3 amide bonds. The summed E-state index contributed by atoms with van der Waals surface area (Å²) in [5.41, 5.74) is 4.73. The fourth-order valence-corrected chi connectivity index (χ4v) is 8.88. The first-order chi connectivity index (χ1) is 26.6. The number of nitrogens with one attached hydrogen (secondary N) is 2. The van der Waals surface area contributed by atoms with Crippen LogP contribution in [0.25, 0.3) is 22.1 Å². The molecule has 4 fully saturated rings. The molecule has 4 aromatic heterocycles. The van der Waals surface area contributed by atoms with E-state index in [-0.39, 0.29) is 30.0 Å². The van der Waals surface area contributed by atoms with Gasteiger partial charge in [0.2, 0.25) is 17.8 Å². The number of nitrogens with zero attached hydrogens (tertiary/aromatic N) is 10. The summed E-state index contributed by atoms with van der Waals surface area (Å²) >= 11 is 0. The number of amides is 3. The van der Waals surface area contributed by atoms with Crippen molar-refractivity contribution in [2.45, 2.75) is 56.7 Å². The first kappa shape index (κ1) is 35.0. The predicted octanol–water partition coefficient (Wildman–Crippen LogP) is 3.03. The van der Waals surface area contributed by atoms with E-state index < -0.39 is 11.9 Å². The zero-order valence-corrected chi connectivity index (χ0v) is 31.4. The highest BCUT2D eigenvalue weighted by Gasteiger charge is 2.36. The van der Waals surface area contributed by atoms with Gasteiger partial charge in [0.1, 0.15) is 23.2 Å². The molecule has 9 rings (SSSR count). The van der Waals surface area contributed by atoms with Crippen LogP contribution in [0.1, 0.15) is 61.1 Å². The minimum atomic E-state index is -0.704. The summed E-state index contributed by atoms with van der Waals surface area (Å²) in [6.45, 7) is 5.27. The van der Waals surface area contributed by atoms with E-state index in [4.69, 9.17) is 4.98 Å². The van der Waals surface area contributed by atoms with Crippen LogP contribution in [0.5, 0.6) is 0 Å². The Bertz CT molecular complexity index is 2360. The maximum Gasteiger partial charge on any atom is 0.329 e. The zero-order valence-electron chi connectivity index (χ0n) is 31.4. The number of carbonyl (C=O) groups excluding carboxylic acids is 3. The van der Waals surface area contributed by atoms with Crippen molar-refractivity contribution >= 4 is 62.9 Å². The van der Waals surface area contributed by atoms with E-state index in [1.54, 1.807) is 41.4 Å². The highest BCUT2D eigenvalue weighted by atomic mass is 16.2. The number of aryl methyl sites for hydroxylation is 1. The number of piperazine rings is 1. The molecule has 0 unspecified atom stereocenters. The molecule has 1 saturated carbocycles. The van der Waals surface area contributed by atoms with Gasteiger partial charge in [0.05, 0.1) is 28.6 Å². The summed E-state index contributed by atoms with van der Waals surface area (Å²) in [4.78, 5) is 73.9. The normalized spacial score (nSPS) is 20.0. The van der Waals surface area contributed by atoms with Crippen LogP contribution in [0.15, 0.2) is 53.6 Å². The minimum Gasteiger partial charge on any atom is -0.367 e. The first-order valence-electron chi connectivity index (χ1n) is 19.2. The SMILES string of the molecule is CN(C)C(=O)c1cc2cnc(Nc3ccc(N4CC(N5CCN(c6cccc7c6n(C)c(=O)n7[C@@H]6CCC(=O)NC6=O)CC5)C4)cn3)nc2n1C1CCCC1. The van der Waals surface area contributed by atoms with Crippen LogP contribution in [0.3, 0.4) is 0 Å². The molecule has 16 nitrogen and oxygen atoms in total. The number of imidazole rings is 1. The number of anilines is 4. The van der Waals surface area contributed by atoms with Gasteiger partial charge in [0.15, 0.2) is 0 Å². The summed E-state index contributed by atoms with van der Waals surface area (Å²) in [5, 5.41) is 6.51. The summed E-state index contributed by atoms with van der Waals surface area (Å²) in [6.07, 6.45) is 8.55. The second-order valence-corrected chi connectivity index (χ2v) is 15.4. The number of fused-ring (bicyclic) bond motifs is 2. The van der Waals surface area contributed by atoms with Gasteiger partial charge in [-0.15, -0.1) is 0 Å². The van der Waals surface area contributed by atoms with Gasteiger partial charge in [-0.3, -0.25) is 33.7 Å². The molecule has 2 N–H and O–H groups in total. The van der Waals surface area contributed by atoms with E-state index in [0.717, 1.165) is 92.9 Å². The zero-order chi connectivity index (χ0) is 38.0. The summed E-state index contributed by atoms with van der Waals surface area (Å²) in [7, 11) is 5.30. The highest BCUT2D eigenvalue weighted by molar-refractivity contribution is 6.01. The number of pyridine rings is 1. The lowest BCUT2D eigenvalue weighted by molar-refractivity contribution is -0.135. The van der Waals surface area contributed by atoms with Crippen LogP contribution in [-0.4, -0.2) is 116 Å². The fraction of sp³-hybridized carbons (Fsp3) is 0.462. The number of aromatic nitrogens is 6. The molecule has 7 heterocycles. The summed E-state index contributed by atoms with van der Waals surface area (Å²) in [5.74, 6) is 0.343. The van der Waals surface area contributed by atoms with Gasteiger partial charge in [-0.25, -0.2) is 14.8 Å². The van der Waals surface area contributed by atoms with E-state index >= 15 is 0 Å². The average Bonchev–Trinajstić information content (AvgIpc) is 3.89. The third-order valence-corrected chi connectivity index (χ3v) is 11.9. The Kier molecular flexibility index (Phi) is 8.79. The van der Waals surface area contributed by atoms with E-state index in [1.165, 1.54) is 0 Å². The molecule has 286 valence electrons. The third kappa shape index (κ3) is 6.17. The lowest BCUT2D eigenvalue weighted by atomic mass is 10.0. The van der Waals surface area contributed by atoms with Crippen molar-refractivity contribution in [1.82, 2.24) is 43.8 Å². The molecule has 3 saturated heterocycles. The van der Waals surface area contributed by atoms with Crippen molar-refractivity contribution in [3.8, 4) is 0 Å². The fourth-order valence-electron chi connectivity index (χ4n) is 8.88. The van der Waals surface area contributed by atoms with Crippen LogP contribution in [0, 0.1) is 0 Å². The van der Waals surface area contributed by atoms with Crippen LogP contribution >= 0.6 is 0 Å². The van der Waals surface area contributed by atoms with Crippen LogP contribution in [0.4, 0.5) is 23.1 Å². The molecule has 16 heteroatoms. The Balaban J connectivity index is 0.827. The van der Waals surface area contributed by atoms with Crippen LogP contribution in [-0.2, 0) is 16.6 Å². The number of hydrogen-bond acceptors (Lipinski definition) is 11. The van der Waals surface area contributed by atoms with Gasteiger partial charge in [0.25, 0.3) is 5.91 Å². The molecule has 0 radical (unpaired) electrons. The smallest absolute Gasteiger partial charge is 0.329 e. The second-order valence-electron chi connectivity index (χ2n) is 15.4. The van der Waals surface area contributed by atoms with E-state index in [0.29, 0.717) is 35.4 Å². The minimum absolute atomic E-state index is 0.0319. The molecule has 1 aliphatic carbocycles. The maximum atomic E-state index is 13.4. The molecular formula is C39H46N12O4. The number of hydrogen-bond donors (Lipinski definition) is 2. The molecule has 1 aromatic carbocycles. The van der Waals surface area contributed by atoms with Gasteiger partial charge in [-0.2, -0.15) is 4.98 Å². The molecule has 0 bridgehead atoms. The number of carbonyl (C=O) groups is 3. The Labute approximate surface area is 317 Å². The van der Waals surface area contributed by atoms with E-state index in [9.17, 15) is 19.2 Å². The predicted molar refractivity (Wildman–Crippen MR) is 209 cm³/mol. The second kappa shape index (κ2) is 13.8. The topological polar surface area (TPSA) is 159 Å². The number of imide groups is 1. The summed E-state index contributed by atoms with van der Waals surface area (Å²) in [6, 6.07) is 11.8. The number of piperidine rings is 1. The Morgan fingerprint density at radius 1 is 0.891 bits per heavy atom. The van der Waals surface area contributed by atoms with Crippen molar-refractivity contribution in [3.63, 3.8) is 0 Å². The maximum absolute atomic E-state index is 13.4. The lowest BCUT2D eigenvalue weighted by Crippen LogP contribution is -2.63. The molecular weight excluding hydrogens is 701 g/mol. The van der Waals surface area contributed by atoms with Crippen molar-refractivity contribution in [2.24, 2.45) is 7.05 Å². The lowest BCUT2D eigenvalue weighted by Gasteiger charge is -2.49. The average molecular weight is 747 g/mol. The molecule has 1 atom stereocenters. The molecule has 5 aromatic rings. The van der Waals surface area contributed by atoms with Crippen LogP contribution < -0.4 is 26.1 Å². The van der Waals surface area contributed by atoms with Crippen molar-refractivity contribution in [1.29, 1.82) is 0 Å². The van der Waals surface area contributed by atoms with Crippen molar-refractivity contribution in [3.05, 3.63) is 65.0 Å². The van der Waals surface area contributed by atoms with Gasteiger partial charge in [-0.1, -0.05) is 18.9 Å². The quantitative estimate of drug-likeness (QED) is 0.225. The number of rotatable bonds is 8. The number of benzene rings is 1. The Hall–Kier alpha value is -5.77. The Morgan fingerprint density at radius 3 is 2.38 bits per heavy atom. The van der Waals surface area contributed by atoms with E-state index in [1.807, 2.05) is 36.5 Å². The van der Waals surface area contributed by atoms with Gasteiger partial charge < -0.3 is 24.6 Å². The highest BCUT2D eigenvalue weighted by Crippen LogP contribution is 2.35. The Morgan fingerprint density at radius 2 is 1.67 bits per heavy atom. The van der Waals surface area contributed by atoms with Crippen LogP contribution in [0.2, 0.25) is 0 Å². The van der Waals surface area contributed by atoms with Gasteiger partial charge in [0, 0.05) is 90.5 Å². The number of para-hydroxylation sites is 1. The van der Waals surface area contributed by atoms with Crippen molar-refractivity contribution in [2.75, 3.05) is 68.5 Å².